The third kappa shape index (κ3) is 3.02. The van der Waals surface area contributed by atoms with Gasteiger partial charge < -0.3 is 15.6 Å². The lowest BCUT2D eigenvalue weighted by Crippen LogP contribution is -2.55. The summed E-state index contributed by atoms with van der Waals surface area (Å²) in [5, 5.41) is 9.38. The molecule has 2 aromatic rings. The summed E-state index contributed by atoms with van der Waals surface area (Å²) in [6, 6.07) is 15.9. The summed E-state index contributed by atoms with van der Waals surface area (Å²) in [6.07, 6.45) is 1.79. The number of hydrogen-bond donors (Lipinski definition) is 2. The van der Waals surface area contributed by atoms with Crippen molar-refractivity contribution in [2.24, 2.45) is 5.73 Å². The standard InChI is InChI=1S/C21H21NO4/c1-2-3-12-21(22,19(23)24)20(25)26-13-18-16-10-6-4-8-14(16)15-9-5-7-11-17(15)18/h2,4-11,18H,1,3,12-13,22H2,(H,23,24)/t21-/m0/s1. The first-order chi connectivity index (χ1) is 12.5. The number of ether oxygens (including phenoxy) is 1. The van der Waals surface area contributed by atoms with E-state index in [0.717, 1.165) is 22.3 Å². The number of carboxylic acids is 1. The summed E-state index contributed by atoms with van der Waals surface area (Å²) in [6.45, 7) is 3.59. The van der Waals surface area contributed by atoms with Crippen LogP contribution in [0.3, 0.4) is 0 Å². The number of nitrogens with two attached hydrogens (primary N) is 1. The molecule has 0 radical (unpaired) electrons. The fourth-order valence-corrected chi connectivity index (χ4v) is 3.35. The molecular weight excluding hydrogens is 330 g/mol. The Bertz CT molecular complexity index is 815. The van der Waals surface area contributed by atoms with E-state index in [1.54, 1.807) is 0 Å². The monoisotopic (exact) mass is 351 g/mol. The van der Waals surface area contributed by atoms with Crippen LogP contribution >= 0.6 is 0 Å². The Morgan fingerprint density at radius 3 is 2.15 bits per heavy atom. The van der Waals surface area contributed by atoms with Gasteiger partial charge in [0.15, 0.2) is 0 Å². The Kier molecular flexibility index (Phi) is 4.91. The molecule has 0 saturated heterocycles. The second kappa shape index (κ2) is 7.14. The van der Waals surface area contributed by atoms with Crippen molar-refractivity contribution in [1.29, 1.82) is 0 Å². The van der Waals surface area contributed by atoms with Crippen molar-refractivity contribution >= 4 is 11.9 Å². The number of rotatable bonds is 7. The number of carboxylic acid groups (broad SMARTS) is 1. The van der Waals surface area contributed by atoms with E-state index in [4.69, 9.17) is 10.5 Å². The zero-order valence-electron chi connectivity index (χ0n) is 14.4. The van der Waals surface area contributed by atoms with Gasteiger partial charge in [-0.3, -0.25) is 0 Å². The number of benzene rings is 2. The first-order valence-electron chi connectivity index (χ1n) is 8.47. The number of allylic oxidation sites excluding steroid dienone is 1. The van der Waals surface area contributed by atoms with Gasteiger partial charge in [0.2, 0.25) is 5.54 Å². The number of hydrogen-bond acceptors (Lipinski definition) is 4. The summed E-state index contributed by atoms with van der Waals surface area (Å²) in [4.78, 5) is 23.9. The van der Waals surface area contributed by atoms with Gasteiger partial charge in [0.1, 0.15) is 6.61 Å². The molecule has 134 valence electrons. The van der Waals surface area contributed by atoms with E-state index in [1.165, 1.54) is 6.08 Å². The lowest BCUT2D eigenvalue weighted by Gasteiger charge is -2.23. The Labute approximate surface area is 152 Å². The second-order valence-corrected chi connectivity index (χ2v) is 6.43. The minimum Gasteiger partial charge on any atom is -0.479 e. The van der Waals surface area contributed by atoms with Gasteiger partial charge in [-0.25, -0.2) is 9.59 Å². The highest BCUT2D eigenvalue weighted by atomic mass is 16.5. The van der Waals surface area contributed by atoms with Crippen molar-refractivity contribution in [2.45, 2.75) is 24.3 Å². The first-order valence-corrected chi connectivity index (χ1v) is 8.47. The molecule has 1 atom stereocenters. The topological polar surface area (TPSA) is 89.6 Å². The molecule has 3 rings (SSSR count). The largest absolute Gasteiger partial charge is 0.479 e. The molecule has 1 aliphatic rings. The quantitative estimate of drug-likeness (QED) is 0.454. The van der Waals surface area contributed by atoms with Crippen LogP contribution in [0.25, 0.3) is 11.1 Å². The number of aliphatic carboxylic acids is 1. The lowest BCUT2D eigenvalue weighted by molar-refractivity contribution is -0.161. The summed E-state index contributed by atoms with van der Waals surface area (Å²) in [5.74, 6) is -2.45. The van der Waals surface area contributed by atoms with Crippen molar-refractivity contribution in [3.8, 4) is 11.1 Å². The Hall–Kier alpha value is -2.92. The molecule has 2 aromatic carbocycles. The number of fused-ring (bicyclic) bond motifs is 3. The first kappa shape index (κ1) is 17.9. The van der Waals surface area contributed by atoms with Gasteiger partial charge in [-0.1, -0.05) is 54.6 Å². The molecular formula is C21H21NO4. The van der Waals surface area contributed by atoms with Crippen LogP contribution in [0.5, 0.6) is 0 Å². The molecule has 0 bridgehead atoms. The smallest absolute Gasteiger partial charge is 0.337 e. The van der Waals surface area contributed by atoms with Gasteiger partial charge >= 0.3 is 11.9 Å². The van der Waals surface area contributed by atoms with Gasteiger partial charge in [-0.05, 0) is 35.1 Å². The fourth-order valence-electron chi connectivity index (χ4n) is 3.35. The highest BCUT2D eigenvalue weighted by molar-refractivity contribution is 6.03. The maximum atomic E-state index is 12.4. The highest BCUT2D eigenvalue weighted by Gasteiger charge is 2.44. The molecule has 1 aliphatic carbocycles. The van der Waals surface area contributed by atoms with Crippen LogP contribution in [0.15, 0.2) is 61.2 Å². The van der Waals surface area contributed by atoms with Crippen molar-refractivity contribution in [1.82, 2.24) is 0 Å². The zero-order valence-corrected chi connectivity index (χ0v) is 14.4. The number of carbonyl (C=O) groups is 2. The van der Waals surface area contributed by atoms with Crippen LogP contribution in [0.4, 0.5) is 0 Å². The molecule has 5 heteroatoms. The van der Waals surface area contributed by atoms with Crippen LogP contribution in [0.2, 0.25) is 0 Å². The molecule has 26 heavy (non-hydrogen) atoms. The van der Waals surface area contributed by atoms with Gasteiger partial charge in [0.25, 0.3) is 0 Å². The van der Waals surface area contributed by atoms with E-state index in [1.807, 2.05) is 48.5 Å². The molecule has 0 saturated carbocycles. The predicted molar refractivity (Wildman–Crippen MR) is 98.7 cm³/mol. The maximum Gasteiger partial charge on any atom is 0.337 e. The minimum absolute atomic E-state index is 0.0488. The van der Waals surface area contributed by atoms with E-state index in [9.17, 15) is 14.7 Å². The van der Waals surface area contributed by atoms with E-state index in [-0.39, 0.29) is 18.9 Å². The predicted octanol–water partition coefficient (Wildman–Crippen LogP) is 3.09. The SMILES string of the molecule is C=CCC[C@](N)(C(=O)O)C(=O)OCC1c2ccccc2-c2ccccc21. The normalized spacial score (nSPS) is 14.8. The highest BCUT2D eigenvalue weighted by Crippen LogP contribution is 2.44. The summed E-state index contributed by atoms with van der Waals surface area (Å²) >= 11 is 0. The van der Waals surface area contributed by atoms with Crippen molar-refractivity contribution in [2.75, 3.05) is 6.61 Å². The minimum atomic E-state index is -2.06. The fraction of sp³-hybridized carbons (Fsp3) is 0.238. The van der Waals surface area contributed by atoms with Gasteiger partial charge in [-0.2, -0.15) is 0 Å². The van der Waals surface area contributed by atoms with Crippen LogP contribution in [0.1, 0.15) is 29.9 Å². The van der Waals surface area contributed by atoms with Crippen molar-refractivity contribution in [3.63, 3.8) is 0 Å². The molecule has 0 aliphatic heterocycles. The molecule has 0 aromatic heterocycles. The molecule has 0 spiro atoms. The molecule has 5 nitrogen and oxygen atoms in total. The van der Waals surface area contributed by atoms with Crippen LogP contribution in [-0.2, 0) is 14.3 Å². The van der Waals surface area contributed by atoms with Gasteiger partial charge in [-0.15, -0.1) is 6.58 Å². The van der Waals surface area contributed by atoms with Gasteiger partial charge in [0, 0.05) is 5.92 Å². The molecule has 0 fully saturated rings. The van der Waals surface area contributed by atoms with Crippen LogP contribution in [0, 0.1) is 0 Å². The van der Waals surface area contributed by atoms with E-state index < -0.39 is 17.5 Å². The van der Waals surface area contributed by atoms with E-state index >= 15 is 0 Å². The number of esters is 1. The summed E-state index contributed by atoms with van der Waals surface area (Å²) < 4.78 is 5.38. The maximum absolute atomic E-state index is 12.4. The summed E-state index contributed by atoms with van der Waals surface area (Å²) in [7, 11) is 0. The van der Waals surface area contributed by atoms with Crippen molar-refractivity contribution < 1.29 is 19.4 Å². The lowest BCUT2D eigenvalue weighted by atomic mass is 9.94. The molecule has 0 unspecified atom stereocenters. The average molecular weight is 351 g/mol. The Balaban J connectivity index is 1.82. The van der Waals surface area contributed by atoms with Crippen LogP contribution < -0.4 is 5.73 Å². The van der Waals surface area contributed by atoms with Crippen molar-refractivity contribution in [3.05, 3.63) is 72.3 Å². The summed E-state index contributed by atoms with van der Waals surface area (Å²) in [5.41, 5.74) is 8.09. The Morgan fingerprint density at radius 1 is 1.12 bits per heavy atom. The molecule has 0 heterocycles. The van der Waals surface area contributed by atoms with E-state index in [2.05, 4.69) is 6.58 Å². The third-order valence-electron chi connectivity index (χ3n) is 4.83. The second-order valence-electron chi connectivity index (χ2n) is 6.43. The molecule has 3 N–H and O–H groups in total. The average Bonchev–Trinajstić information content (AvgIpc) is 2.98. The van der Waals surface area contributed by atoms with E-state index in [0.29, 0.717) is 6.42 Å². The zero-order chi connectivity index (χ0) is 18.7. The third-order valence-corrected chi connectivity index (χ3v) is 4.83. The van der Waals surface area contributed by atoms with Crippen LogP contribution in [-0.4, -0.2) is 29.2 Å². The molecule has 0 amide bonds. The Morgan fingerprint density at radius 2 is 1.65 bits per heavy atom. The van der Waals surface area contributed by atoms with Gasteiger partial charge in [0.05, 0.1) is 0 Å². The number of carbonyl (C=O) groups excluding carboxylic acids is 1.